The van der Waals surface area contributed by atoms with Crippen LogP contribution in [0.25, 0.3) is 6.08 Å². The van der Waals surface area contributed by atoms with E-state index in [1.807, 2.05) is 19.2 Å². The monoisotopic (exact) mass is 225 g/mol. The Balaban J connectivity index is 2.79. The summed E-state index contributed by atoms with van der Waals surface area (Å²) >= 11 is 3.34. The van der Waals surface area contributed by atoms with Gasteiger partial charge < -0.3 is 5.32 Å². The summed E-state index contributed by atoms with van der Waals surface area (Å²) in [5.74, 6) is 0. The van der Waals surface area contributed by atoms with E-state index < -0.39 is 0 Å². The molecule has 0 aliphatic heterocycles. The van der Waals surface area contributed by atoms with Gasteiger partial charge in [-0.2, -0.15) is 0 Å². The first-order chi connectivity index (χ1) is 5.86. The number of anilines is 1. The molecule has 0 amide bonds. The molecule has 0 aromatic heterocycles. The second-order valence-corrected chi connectivity index (χ2v) is 3.08. The minimum Gasteiger partial charge on any atom is -0.388 e. The van der Waals surface area contributed by atoms with E-state index in [2.05, 4.69) is 45.5 Å². The predicted octanol–water partition coefficient (Wildman–Crippen LogP) is 3.14. The van der Waals surface area contributed by atoms with Crippen LogP contribution in [0.4, 0.5) is 5.69 Å². The average Bonchev–Trinajstić information content (AvgIpc) is 2.15. The van der Waals surface area contributed by atoms with Crippen molar-refractivity contribution < 1.29 is 0 Å². The smallest absolute Gasteiger partial charge is 0.0343 e. The summed E-state index contributed by atoms with van der Waals surface area (Å²) in [5.41, 5.74) is 2.37. The molecule has 0 heterocycles. The number of allylic oxidation sites excluding steroid dienone is 1. The molecule has 0 aliphatic carbocycles. The summed E-state index contributed by atoms with van der Waals surface area (Å²) < 4.78 is 0. The molecule has 0 saturated heterocycles. The number of benzene rings is 1. The molecule has 0 fully saturated rings. The zero-order chi connectivity index (χ0) is 8.81. The lowest BCUT2D eigenvalue weighted by Crippen LogP contribution is -1.86. The molecule has 0 radical (unpaired) electrons. The van der Waals surface area contributed by atoms with Crippen LogP contribution >= 0.6 is 15.9 Å². The van der Waals surface area contributed by atoms with Gasteiger partial charge >= 0.3 is 0 Å². The largest absolute Gasteiger partial charge is 0.388 e. The van der Waals surface area contributed by atoms with Crippen molar-refractivity contribution in [2.45, 2.75) is 0 Å². The van der Waals surface area contributed by atoms with E-state index >= 15 is 0 Å². The second-order valence-electron chi connectivity index (χ2n) is 2.43. The van der Waals surface area contributed by atoms with E-state index in [0.717, 1.165) is 11.0 Å². The lowest BCUT2D eigenvalue weighted by molar-refractivity contribution is 1.50. The molecule has 0 aliphatic rings. The summed E-state index contributed by atoms with van der Waals surface area (Å²) in [7, 11) is 1.92. The van der Waals surface area contributed by atoms with Crippen LogP contribution in [0.3, 0.4) is 0 Å². The van der Waals surface area contributed by atoms with Crippen molar-refractivity contribution >= 4 is 27.7 Å². The van der Waals surface area contributed by atoms with Gasteiger partial charge in [-0.3, -0.25) is 0 Å². The third-order valence-electron chi connectivity index (χ3n) is 1.57. The molecule has 0 saturated carbocycles. The highest BCUT2D eigenvalue weighted by molar-refractivity contribution is 9.09. The third-order valence-corrected chi connectivity index (χ3v) is 1.95. The Morgan fingerprint density at radius 2 is 2.33 bits per heavy atom. The molecule has 2 heteroatoms. The molecule has 1 aromatic rings. The maximum atomic E-state index is 3.34. The van der Waals surface area contributed by atoms with E-state index in [9.17, 15) is 0 Å². The fraction of sp³-hybridized carbons (Fsp3) is 0.200. The molecule has 1 aromatic carbocycles. The molecular formula is C10H12BrN. The summed E-state index contributed by atoms with van der Waals surface area (Å²) in [6, 6.07) is 8.28. The van der Waals surface area contributed by atoms with Gasteiger partial charge in [0.2, 0.25) is 0 Å². The highest BCUT2D eigenvalue weighted by Gasteiger charge is 1.88. The number of alkyl halides is 1. The normalized spacial score (nSPS) is 10.5. The van der Waals surface area contributed by atoms with E-state index in [-0.39, 0.29) is 0 Å². The number of hydrogen-bond donors (Lipinski definition) is 1. The Labute approximate surface area is 81.6 Å². The second kappa shape index (κ2) is 4.99. The first kappa shape index (κ1) is 9.33. The molecular weight excluding hydrogens is 214 g/mol. The predicted molar refractivity (Wildman–Crippen MR) is 58.8 cm³/mol. The Bertz CT molecular complexity index is 268. The number of hydrogen-bond acceptors (Lipinski definition) is 1. The molecule has 0 atom stereocenters. The Morgan fingerprint density at radius 3 is 3.00 bits per heavy atom. The van der Waals surface area contributed by atoms with Crippen LogP contribution in [0.5, 0.6) is 0 Å². The summed E-state index contributed by atoms with van der Waals surface area (Å²) in [4.78, 5) is 0. The van der Waals surface area contributed by atoms with Gasteiger partial charge in [-0.05, 0) is 17.7 Å². The standard InChI is InChI=1S/C10H12BrN/c1-12-10-6-2-4-9(8-10)5-3-7-11/h2-6,8,12H,7H2,1H3. The van der Waals surface area contributed by atoms with Crippen molar-refractivity contribution in [3.63, 3.8) is 0 Å². The number of nitrogens with one attached hydrogen (secondary N) is 1. The maximum absolute atomic E-state index is 3.34. The highest BCUT2D eigenvalue weighted by atomic mass is 79.9. The number of rotatable bonds is 3. The SMILES string of the molecule is CNc1cccc(C=CCBr)c1. The van der Waals surface area contributed by atoms with Crippen LogP contribution in [-0.4, -0.2) is 12.4 Å². The molecule has 0 bridgehead atoms. The van der Waals surface area contributed by atoms with Gasteiger partial charge in [-0.15, -0.1) is 0 Å². The fourth-order valence-electron chi connectivity index (χ4n) is 0.978. The molecule has 1 rings (SSSR count). The Kier molecular flexibility index (Phi) is 3.88. The van der Waals surface area contributed by atoms with Gasteiger partial charge in [0.15, 0.2) is 0 Å². The van der Waals surface area contributed by atoms with Gasteiger partial charge in [-0.1, -0.05) is 40.2 Å². The van der Waals surface area contributed by atoms with Crippen molar-refractivity contribution in [3.8, 4) is 0 Å². The minimum atomic E-state index is 0.900. The topological polar surface area (TPSA) is 12.0 Å². The zero-order valence-corrected chi connectivity index (χ0v) is 8.64. The Hall–Kier alpha value is -0.760. The van der Waals surface area contributed by atoms with E-state index in [4.69, 9.17) is 0 Å². The van der Waals surface area contributed by atoms with Crippen LogP contribution in [0.2, 0.25) is 0 Å². The van der Waals surface area contributed by atoms with Gasteiger partial charge in [0.1, 0.15) is 0 Å². The van der Waals surface area contributed by atoms with Gasteiger partial charge in [0, 0.05) is 18.1 Å². The van der Waals surface area contributed by atoms with Crippen LogP contribution in [-0.2, 0) is 0 Å². The van der Waals surface area contributed by atoms with Gasteiger partial charge in [0.05, 0.1) is 0 Å². The van der Waals surface area contributed by atoms with Crippen molar-refractivity contribution in [1.82, 2.24) is 0 Å². The summed E-state index contributed by atoms with van der Waals surface area (Å²) in [6.07, 6.45) is 4.17. The van der Waals surface area contributed by atoms with E-state index in [1.165, 1.54) is 5.56 Å². The maximum Gasteiger partial charge on any atom is 0.0343 e. The summed E-state index contributed by atoms with van der Waals surface area (Å²) in [5, 5.41) is 4.00. The van der Waals surface area contributed by atoms with Crippen molar-refractivity contribution in [2.24, 2.45) is 0 Å². The lowest BCUT2D eigenvalue weighted by Gasteiger charge is -1.99. The van der Waals surface area contributed by atoms with E-state index in [0.29, 0.717) is 0 Å². The van der Waals surface area contributed by atoms with Crippen LogP contribution < -0.4 is 5.32 Å². The van der Waals surface area contributed by atoms with Crippen LogP contribution in [0.1, 0.15) is 5.56 Å². The molecule has 12 heavy (non-hydrogen) atoms. The minimum absolute atomic E-state index is 0.900. The fourth-order valence-corrected chi connectivity index (χ4v) is 1.17. The first-order valence-corrected chi connectivity index (χ1v) is 4.99. The summed E-state index contributed by atoms with van der Waals surface area (Å²) in [6.45, 7) is 0. The molecule has 1 N–H and O–H groups in total. The van der Waals surface area contributed by atoms with Gasteiger partial charge in [0.25, 0.3) is 0 Å². The van der Waals surface area contributed by atoms with Crippen LogP contribution in [0, 0.1) is 0 Å². The number of halogens is 1. The zero-order valence-electron chi connectivity index (χ0n) is 7.05. The average molecular weight is 226 g/mol. The first-order valence-electron chi connectivity index (χ1n) is 3.87. The van der Waals surface area contributed by atoms with Crippen LogP contribution in [0.15, 0.2) is 30.3 Å². The molecule has 64 valence electrons. The molecule has 0 unspecified atom stereocenters. The third kappa shape index (κ3) is 2.70. The van der Waals surface area contributed by atoms with Crippen molar-refractivity contribution in [2.75, 3.05) is 17.7 Å². The lowest BCUT2D eigenvalue weighted by atomic mass is 10.2. The quantitative estimate of drug-likeness (QED) is 0.780. The Morgan fingerprint density at radius 1 is 1.50 bits per heavy atom. The molecule has 1 nitrogen and oxygen atoms in total. The van der Waals surface area contributed by atoms with Gasteiger partial charge in [-0.25, -0.2) is 0 Å². The van der Waals surface area contributed by atoms with E-state index in [1.54, 1.807) is 0 Å². The van der Waals surface area contributed by atoms with Crippen molar-refractivity contribution in [1.29, 1.82) is 0 Å². The highest BCUT2D eigenvalue weighted by Crippen LogP contribution is 2.10. The molecule has 0 spiro atoms. The van der Waals surface area contributed by atoms with Crippen molar-refractivity contribution in [3.05, 3.63) is 35.9 Å².